The molecule has 0 unspecified atom stereocenters. The van der Waals surface area contributed by atoms with E-state index in [9.17, 15) is 13.2 Å². The van der Waals surface area contributed by atoms with E-state index in [0.717, 1.165) is 12.3 Å². The van der Waals surface area contributed by atoms with Crippen molar-refractivity contribution in [3.63, 3.8) is 0 Å². The van der Waals surface area contributed by atoms with Crippen LogP contribution in [0.5, 0.6) is 0 Å². The Hall–Kier alpha value is -1.83. The topological polar surface area (TPSA) is 36.7 Å². The molecule has 5 heteroatoms. The summed E-state index contributed by atoms with van der Waals surface area (Å²) in [5, 5.41) is 8.23. The maximum absolute atomic E-state index is 12.1. The quantitative estimate of drug-likeness (QED) is 0.755. The lowest BCUT2D eigenvalue weighted by molar-refractivity contribution is -0.141. The second-order valence-corrected chi connectivity index (χ2v) is 2.74. The lowest BCUT2D eigenvalue weighted by Crippen LogP contribution is -2.07. The van der Waals surface area contributed by atoms with E-state index in [1.807, 2.05) is 6.07 Å². The van der Waals surface area contributed by atoms with Crippen molar-refractivity contribution in [3.05, 3.63) is 35.7 Å². The fourth-order valence-corrected chi connectivity index (χ4v) is 0.919. The van der Waals surface area contributed by atoms with Gasteiger partial charge in [-0.25, -0.2) is 0 Å². The van der Waals surface area contributed by atoms with Gasteiger partial charge < -0.3 is 0 Å². The van der Waals surface area contributed by atoms with Crippen LogP contribution < -0.4 is 0 Å². The molecule has 2 nitrogen and oxygen atoms in total. The second-order valence-electron chi connectivity index (χ2n) is 2.74. The zero-order valence-electron chi connectivity index (χ0n) is 7.62. The van der Waals surface area contributed by atoms with Gasteiger partial charge in [-0.05, 0) is 11.6 Å². The molecule has 1 heterocycles. The fourth-order valence-electron chi connectivity index (χ4n) is 0.919. The van der Waals surface area contributed by atoms with Crippen molar-refractivity contribution in [2.45, 2.75) is 12.6 Å². The van der Waals surface area contributed by atoms with E-state index in [1.165, 1.54) is 6.07 Å². The highest BCUT2D eigenvalue weighted by Crippen LogP contribution is 2.27. The Morgan fingerprint density at radius 3 is 2.60 bits per heavy atom. The van der Waals surface area contributed by atoms with E-state index in [-0.39, 0.29) is 6.42 Å². The van der Waals surface area contributed by atoms with Crippen LogP contribution in [0.15, 0.2) is 24.4 Å². The molecule has 0 aliphatic rings. The van der Waals surface area contributed by atoms with Crippen molar-refractivity contribution < 1.29 is 13.2 Å². The van der Waals surface area contributed by atoms with E-state index in [2.05, 4.69) is 4.98 Å². The number of allylic oxidation sites excluding steroid dienone is 1. The molecule has 0 fully saturated rings. The molecule has 1 aromatic rings. The molecule has 0 saturated heterocycles. The van der Waals surface area contributed by atoms with E-state index in [1.54, 1.807) is 12.2 Å². The number of halogens is 3. The summed E-state index contributed by atoms with van der Waals surface area (Å²) in [6.07, 6.45) is 0.0489. The van der Waals surface area contributed by atoms with Crippen molar-refractivity contribution >= 4 is 6.08 Å². The van der Waals surface area contributed by atoms with Gasteiger partial charge in [-0.15, -0.1) is 0 Å². The molecular formula is C10H7F3N2. The molecule has 1 aromatic heterocycles. The van der Waals surface area contributed by atoms with Crippen molar-refractivity contribution in [1.29, 1.82) is 5.26 Å². The summed E-state index contributed by atoms with van der Waals surface area (Å²) in [5.74, 6) is 0. The van der Waals surface area contributed by atoms with Crippen LogP contribution in [-0.2, 0) is 6.18 Å². The van der Waals surface area contributed by atoms with Crippen LogP contribution in [-0.4, -0.2) is 4.98 Å². The summed E-state index contributed by atoms with van der Waals surface area (Å²) in [6.45, 7) is 0. The Bertz CT molecular complexity index is 385. The maximum Gasteiger partial charge on any atom is 0.433 e. The van der Waals surface area contributed by atoms with Gasteiger partial charge >= 0.3 is 6.18 Å². The van der Waals surface area contributed by atoms with Gasteiger partial charge in [-0.2, -0.15) is 18.4 Å². The number of rotatable bonds is 2. The number of hydrogen-bond donors (Lipinski definition) is 0. The molecule has 0 aromatic carbocycles. The Morgan fingerprint density at radius 2 is 2.13 bits per heavy atom. The van der Waals surface area contributed by atoms with E-state index >= 15 is 0 Å². The molecule has 0 aliphatic carbocycles. The smallest absolute Gasteiger partial charge is 0.251 e. The van der Waals surface area contributed by atoms with Gasteiger partial charge in [-0.3, -0.25) is 4.98 Å². The summed E-state index contributed by atoms with van der Waals surface area (Å²) in [6, 6.07) is 4.10. The number of alkyl halides is 3. The predicted octanol–water partition coefficient (Wildman–Crippen LogP) is 3.03. The average Bonchev–Trinajstić information content (AvgIpc) is 2.18. The third-order valence-corrected chi connectivity index (χ3v) is 1.60. The Balaban J connectivity index is 2.78. The highest BCUT2D eigenvalue weighted by atomic mass is 19.4. The molecule has 0 aliphatic heterocycles. The third kappa shape index (κ3) is 3.43. The molecule has 0 atom stereocenters. The van der Waals surface area contributed by atoms with Gasteiger partial charge in [0.25, 0.3) is 0 Å². The van der Waals surface area contributed by atoms with Crippen molar-refractivity contribution in [2.24, 2.45) is 0 Å². The first-order chi connectivity index (χ1) is 7.04. The number of nitriles is 1. The van der Waals surface area contributed by atoms with E-state index < -0.39 is 11.9 Å². The van der Waals surface area contributed by atoms with Crippen molar-refractivity contribution in [1.82, 2.24) is 4.98 Å². The summed E-state index contributed by atoms with van der Waals surface area (Å²) in [4.78, 5) is 3.27. The van der Waals surface area contributed by atoms with Gasteiger partial charge in [0.05, 0.1) is 12.5 Å². The summed E-state index contributed by atoms with van der Waals surface area (Å²) < 4.78 is 36.3. The highest BCUT2D eigenvalue weighted by molar-refractivity contribution is 5.48. The van der Waals surface area contributed by atoms with Gasteiger partial charge in [0.2, 0.25) is 0 Å². The minimum atomic E-state index is -4.41. The molecule has 0 spiro atoms. The molecule has 0 N–H and O–H groups in total. The SMILES string of the molecule is N#CCC=Cc1ccc(C(F)(F)F)nc1. The first-order valence-electron chi connectivity index (χ1n) is 4.11. The number of nitrogens with zero attached hydrogens (tertiary/aromatic N) is 2. The minimum Gasteiger partial charge on any atom is -0.251 e. The van der Waals surface area contributed by atoms with Crippen LogP contribution >= 0.6 is 0 Å². The molecule has 78 valence electrons. The molecule has 0 radical (unpaired) electrons. The molecule has 0 amide bonds. The van der Waals surface area contributed by atoms with Crippen LogP contribution in [0.4, 0.5) is 13.2 Å². The summed E-state index contributed by atoms with van der Waals surface area (Å²) >= 11 is 0. The largest absolute Gasteiger partial charge is 0.433 e. The molecule has 15 heavy (non-hydrogen) atoms. The second kappa shape index (κ2) is 4.60. The van der Waals surface area contributed by atoms with E-state index in [4.69, 9.17) is 5.26 Å². The van der Waals surface area contributed by atoms with Gasteiger partial charge in [0.1, 0.15) is 5.69 Å². The standard InChI is InChI=1S/C10H7F3N2/c11-10(12,13)9-5-4-8(7-15-9)3-1-2-6-14/h1,3-5,7H,2H2. The average molecular weight is 212 g/mol. The van der Waals surface area contributed by atoms with Crippen LogP contribution in [0.1, 0.15) is 17.7 Å². The normalized spacial score (nSPS) is 11.6. The zero-order valence-corrected chi connectivity index (χ0v) is 7.62. The Morgan fingerprint density at radius 1 is 1.40 bits per heavy atom. The number of aromatic nitrogens is 1. The summed E-state index contributed by atoms with van der Waals surface area (Å²) in [7, 11) is 0. The van der Waals surface area contributed by atoms with Gasteiger partial charge in [0.15, 0.2) is 0 Å². The lowest BCUT2D eigenvalue weighted by Gasteiger charge is -2.04. The fraction of sp³-hybridized carbons (Fsp3) is 0.200. The molecular weight excluding hydrogens is 205 g/mol. The van der Waals surface area contributed by atoms with Crippen LogP contribution in [0.2, 0.25) is 0 Å². The van der Waals surface area contributed by atoms with Crippen LogP contribution in [0, 0.1) is 11.3 Å². The van der Waals surface area contributed by atoms with Crippen LogP contribution in [0.3, 0.4) is 0 Å². The number of hydrogen-bond acceptors (Lipinski definition) is 2. The molecule has 1 rings (SSSR count). The van der Waals surface area contributed by atoms with Crippen molar-refractivity contribution in [3.8, 4) is 6.07 Å². The lowest BCUT2D eigenvalue weighted by atomic mass is 10.2. The summed E-state index contributed by atoms with van der Waals surface area (Å²) in [5.41, 5.74) is -0.377. The predicted molar refractivity (Wildman–Crippen MR) is 48.5 cm³/mol. The monoisotopic (exact) mass is 212 g/mol. The first-order valence-corrected chi connectivity index (χ1v) is 4.11. The highest BCUT2D eigenvalue weighted by Gasteiger charge is 2.31. The number of pyridine rings is 1. The molecule has 0 bridgehead atoms. The Kier molecular flexibility index (Phi) is 3.45. The van der Waals surface area contributed by atoms with Crippen molar-refractivity contribution in [2.75, 3.05) is 0 Å². The van der Waals surface area contributed by atoms with Gasteiger partial charge in [-0.1, -0.05) is 18.2 Å². The zero-order chi connectivity index (χ0) is 11.3. The van der Waals surface area contributed by atoms with Gasteiger partial charge in [0, 0.05) is 6.20 Å². The van der Waals surface area contributed by atoms with Crippen LogP contribution in [0.25, 0.3) is 6.08 Å². The molecule has 0 saturated carbocycles. The maximum atomic E-state index is 12.1. The Labute approximate surface area is 84.7 Å². The third-order valence-electron chi connectivity index (χ3n) is 1.60. The minimum absolute atomic E-state index is 0.223. The van der Waals surface area contributed by atoms with E-state index in [0.29, 0.717) is 5.56 Å². The first kappa shape index (κ1) is 11.2.